The Hall–Kier alpha value is -1.70. The molecule has 5 nitrogen and oxygen atoms in total. The molecule has 0 radical (unpaired) electrons. The Morgan fingerprint density at radius 3 is 3.20 bits per heavy atom. The standard InChI is InChI=1S/C13H13N3O2S2/c1-7-15-12-10(20-7)6-9(8-3-5-19-13(8)12)18-4-2-11(17)16-14/h3,5-6H,2,4,14H2,1H3,(H,16,17). The van der Waals surface area contributed by atoms with E-state index >= 15 is 0 Å². The fourth-order valence-corrected chi connectivity index (χ4v) is 3.87. The molecule has 1 amide bonds. The van der Waals surface area contributed by atoms with Gasteiger partial charge < -0.3 is 4.74 Å². The number of nitrogens with one attached hydrogen (secondary N) is 1. The number of hydrogen-bond acceptors (Lipinski definition) is 6. The van der Waals surface area contributed by atoms with Gasteiger partial charge in [-0.2, -0.15) is 0 Å². The minimum absolute atomic E-state index is 0.235. The van der Waals surface area contributed by atoms with E-state index in [9.17, 15) is 4.79 Å². The van der Waals surface area contributed by atoms with Crippen molar-refractivity contribution in [1.82, 2.24) is 10.4 Å². The van der Waals surface area contributed by atoms with E-state index < -0.39 is 0 Å². The summed E-state index contributed by atoms with van der Waals surface area (Å²) in [6.45, 7) is 2.30. The van der Waals surface area contributed by atoms with Crippen LogP contribution in [0.1, 0.15) is 11.4 Å². The van der Waals surface area contributed by atoms with Crippen LogP contribution in [0.4, 0.5) is 0 Å². The second-order valence-electron chi connectivity index (χ2n) is 4.28. The molecule has 0 atom stereocenters. The van der Waals surface area contributed by atoms with Crippen molar-refractivity contribution < 1.29 is 9.53 Å². The van der Waals surface area contributed by atoms with E-state index in [4.69, 9.17) is 10.6 Å². The fourth-order valence-electron chi connectivity index (χ4n) is 2.03. The van der Waals surface area contributed by atoms with Crippen molar-refractivity contribution in [2.24, 2.45) is 5.84 Å². The van der Waals surface area contributed by atoms with Gasteiger partial charge in [0.05, 0.1) is 33.0 Å². The highest BCUT2D eigenvalue weighted by Gasteiger charge is 2.12. The van der Waals surface area contributed by atoms with Crippen LogP contribution in [0.2, 0.25) is 0 Å². The van der Waals surface area contributed by atoms with E-state index in [1.165, 1.54) is 0 Å². The summed E-state index contributed by atoms with van der Waals surface area (Å²) >= 11 is 3.30. The van der Waals surface area contributed by atoms with Crippen molar-refractivity contribution in [3.8, 4) is 5.75 Å². The molecule has 0 fully saturated rings. The molecule has 0 spiro atoms. The molecule has 0 bridgehead atoms. The highest BCUT2D eigenvalue weighted by atomic mass is 32.1. The molecular weight excluding hydrogens is 294 g/mol. The maximum absolute atomic E-state index is 11.1. The Balaban J connectivity index is 1.96. The second-order valence-corrected chi connectivity index (χ2v) is 6.43. The summed E-state index contributed by atoms with van der Waals surface area (Å²) in [5.41, 5.74) is 3.12. The smallest absolute Gasteiger partial charge is 0.237 e. The number of benzene rings is 1. The van der Waals surface area contributed by atoms with Crippen LogP contribution >= 0.6 is 22.7 Å². The average Bonchev–Trinajstić information content (AvgIpc) is 3.03. The SMILES string of the molecule is Cc1nc2c(cc(OCCC(=O)NN)c3ccsc32)s1. The van der Waals surface area contributed by atoms with E-state index in [2.05, 4.69) is 10.4 Å². The first kappa shape index (κ1) is 13.3. The maximum atomic E-state index is 11.1. The number of nitrogens with two attached hydrogens (primary N) is 1. The minimum Gasteiger partial charge on any atom is -0.492 e. The molecule has 0 aliphatic heterocycles. The monoisotopic (exact) mass is 307 g/mol. The van der Waals surface area contributed by atoms with Crippen molar-refractivity contribution in [3.63, 3.8) is 0 Å². The number of hydrogen-bond donors (Lipinski definition) is 2. The number of thiophene rings is 1. The first-order chi connectivity index (χ1) is 9.69. The van der Waals surface area contributed by atoms with Crippen LogP contribution in [0.15, 0.2) is 17.5 Å². The number of nitrogens with zero attached hydrogens (tertiary/aromatic N) is 1. The number of aryl methyl sites for hydroxylation is 1. The Morgan fingerprint density at radius 1 is 1.55 bits per heavy atom. The summed E-state index contributed by atoms with van der Waals surface area (Å²) in [6, 6.07) is 4.02. The van der Waals surface area contributed by atoms with Gasteiger partial charge in [-0.1, -0.05) is 0 Å². The first-order valence-corrected chi connectivity index (χ1v) is 7.78. The lowest BCUT2D eigenvalue weighted by atomic mass is 10.2. The van der Waals surface area contributed by atoms with Crippen LogP contribution in [0.3, 0.4) is 0 Å². The molecule has 2 aromatic heterocycles. The zero-order valence-corrected chi connectivity index (χ0v) is 12.4. The van der Waals surface area contributed by atoms with E-state index in [-0.39, 0.29) is 12.3 Å². The molecule has 7 heteroatoms. The van der Waals surface area contributed by atoms with Crippen molar-refractivity contribution in [3.05, 3.63) is 22.5 Å². The molecule has 2 heterocycles. The number of rotatable bonds is 4. The zero-order valence-electron chi connectivity index (χ0n) is 10.8. The lowest BCUT2D eigenvalue weighted by Gasteiger charge is -2.07. The lowest BCUT2D eigenvalue weighted by Crippen LogP contribution is -2.31. The average molecular weight is 307 g/mol. The molecule has 0 saturated heterocycles. The fraction of sp³-hybridized carbons (Fsp3) is 0.231. The molecule has 3 N–H and O–H groups in total. The molecule has 3 rings (SSSR count). The number of ether oxygens (including phenoxy) is 1. The van der Waals surface area contributed by atoms with E-state index in [1.54, 1.807) is 22.7 Å². The van der Waals surface area contributed by atoms with Gasteiger partial charge >= 0.3 is 0 Å². The molecule has 0 saturated carbocycles. The Labute approximate surface area is 123 Å². The van der Waals surface area contributed by atoms with Crippen molar-refractivity contribution in [1.29, 1.82) is 0 Å². The molecular formula is C13H13N3O2S2. The number of hydrazine groups is 1. The van der Waals surface area contributed by atoms with Gasteiger partial charge in [-0.3, -0.25) is 10.2 Å². The summed E-state index contributed by atoms with van der Waals surface area (Å²) in [4.78, 5) is 15.7. The van der Waals surface area contributed by atoms with Crippen LogP contribution in [-0.2, 0) is 4.79 Å². The van der Waals surface area contributed by atoms with E-state index in [1.807, 2.05) is 24.4 Å². The molecule has 0 unspecified atom stereocenters. The number of fused-ring (bicyclic) bond motifs is 3. The van der Waals surface area contributed by atoms with E-state index in [0.29, 0.717) is 6.61 Å². The van der Waals surface area contributed by atoms with Crippen molar-refractivity contribution in [2.45, 2.75) is 13.3 Å². The quantitative estimate of drug-likeness (QED) is 0.441. The highest BCUT2D eigenvalue weighted by molar-refractivity contribution is 7.21. The predicted molar refractivity (Wildman–Crippen MR) is 82.2 cm³/mol. The number of aromatic nitrogens is 1. The van der Waals surface area contributed by atoms with Gasteiger partial charge in [0.15, 0.2) is 0 Å². The van der Waals surface area contributed by atoms with Gasteiger partial charge in [0.1, 0.15) is 5.75 Å². The highest BCUT2D eigenvalue weighted by Crippen LogP contribution is 2.38. The number of carbonyl (C=O) groups is 1. The third-order valence-corrected chi connectivity index (χ3v) is 4.75. The Morgan fingerprint density at radius 2 is 2.40 bits per heavy atom. The molecule has 1 aromatic carbocycles. The minimum atomic E-state index is -0.235. The Kier molecular flexibility index (Phi) is 3.56. The van der Waals surface area contributed by atoms with Gasteiger partial charge in [-0.25, -0.2) is 10.8 Å². The number of thiazole rings is 1. The molecule has 0 aliphatic carbocycles. The number of amides is 1. The Bertz CT molecular complexity index is 778. The van der Waals surface area contributed by atoms with Gasteiger partial charge in [0, 0.05) is 11.5 Å². The first-order valence-electron chi connectivity index (χ1n) is 6.08. The van der Waals surface area contributed by atoms with E-state index in [0.717, 1.165) is 31.1 Å². The molecule has 3 aromatic rings. The van der Waals surface area contributed by atoms with Gasteiger partial charge in [-0.05, 0) is 18.4 Å². The third-order valence-electron chi connectivity index (χ3n) is 2.92. The summed E-state index contributed by atoms with van der Waals surface area (Å²) in [7, 11) is 0. The lowest BCUT2D eigenvalue weighted by molar-refractivity contribution is -0.121. The van der Waals surface area contributed by atoms with Crippen molar-refractivity contribution >= 4 is 48.9 Å². The second kappa shape index (κ2) is 5.35. The topological polar surface area (TPSA) is 77.2 Å². The van der Waals surface area contributed by atoms with Gasteiger partial charge in [0.2, 0.25) is 5.91 Å². The normalized spacial score (nSPS) is 11.1. The zero-order chi connectivity index (χ0) is 14.1. The molecule has 104 valence electrons. The molecule has 0 aliphatic rings. The van der Waals surface area contributed by atoms with Crippen LogP contribution in [-0.4, -0.2) is 17.5 Å². The van der Waals surface area contributed by atoms with Crippen LogP contribution in [0.5, 0.6) is 5.75 Å². The maximum Gasteiger partial charge on any atom is 0.237 e. The number of carbonyl (C=O) groups excluding carboxylic acids is 1. The van der Waals surface area contributed by atoms with Crippen molar-refractivity contribution in [2.75, 3.05) is 6.61 Å². The van der Waals surface area contributed by atoms with Crippen LogP contribution in [0.25, 0.3) is 20.3 Å². The summed E-state index contributed by atoms with van der Waals surface area (Å²) in [6.07, 6.45) is 0.238. The molecule has 20 heavy (non-hydrogen) atoms. The van der Waals surface area contributed by atoms with Gasteiger partial charge in [0.25, 0.3) is 0 Å². The summed E-state index contributed by atoms with van der Waals surface area (Å²) < 4.78 is 7.97. The van der Waals surface area contributed by atoms with Gasteiger partial charge in [-0.15, -0.1) is 22.7 Å². The largest absolute Gasteiger partial charge is 0.492 e. The predicted octanol–water partition coefficient (Wildman–Crippen LogP) is 2.58. The third kappa shape index (κ3) is 2.35. The summed E-state index contributed by atoms with van der Waals surface area (Å²) in [5, 5.41) is 4.11. The van der Waals surface area contributed by atoms with Crippen LogP contribution in [0, 0.1) is 6.92 Å². The summed E-state index contributed by atoms with van der Waals surface area (Å²) in [5.74, 6) is 5.60. The van der Waals surface area contributed by atoms with Crippen LogP contribution < -0.4 is 16.0 Å².